The quantitative estimate of drug-likeness (QED) is 0.662. The molecule has 0 aliphatic carbocycles. The fourth-order valence-corrected chi connectivity index (χ4v) is 2.67. The molecule has 0 bridgehead atoms. The predicted octanol–water partition coefficient (Wildman–Crippen LogP) is 1.91. The molecule has 8 nitrogen and oxygen atoms in total. The Kier molecular flexibility index (Phi) is 5.82. The van der Waals surface area contributed by atoms with Gasteiger partial charge >= 0.3 is 0 Å². The number of pyridine rings is 1. The topological polar surface area (TPSA) is 115 Å². The lowest BCUT2D eigenvalue weighted by molar-refractivity contribution is 0.710. The molecule has 2 unspecified atom stereocenters. The zero-order valence-corrected chi connectivity index (χ0v) is 14.1. The summed E-state index contributed by atoms with van der Waals surface area (Å²) >= 11 is 0. The van der Waals surface area contributed by atoms with E-state index < -0.39 is 0 Å². The number of hydrogen-bond donors (Lipinski definition) is 1. The normalized spacial score (nSPS) is 22.9. The van der Waals surface area contributed by atoms with Crippen LogP contribution in [0, 0.1) is 11.3 Å². The highest BCUT2D eigenvalue weighted by atomic mass is 35.5. The summed E-state index contributed by atoms with van der Waals surface area (Å²) in [5.41, 5.74) is 6.57. The van der Waals surface area contributed by atoms with Gasteiger partial charge in [0.15, 0.2) is 6.17 Å². The molecule has 2 atom stereocenters. The number of aromatic nitrogens is 1. The first-order valence-electron chi connectivity index (χ1n) is 7.52. The summed E-state index contributed by atoms with van der Waals surface area (Å²) < 4.78 is 0. The van der Waals surface area contributed by atoms with Crippen molar-refractivity contribution in [3.63, 3.8) is 0 Å². The summed E-state index contributed by atoms with van der Waals surface area (Å²) in [5.74, 6) is 2.11. The van der Waals surface area contributed by atoms with Crippen molar-refractivity contribution in [1.29, 1.82) is 5.26 Å². The van der Waals surface area contributed by atoms with Crippen molar-refractivity contribution < 1.29 is 0 Å². The van der Waals surface area contributed by atoms with Crippen LogP contribution in [0.5, 0.6) is 0 Å². The van der Waals surface area contributed by atoms with Crippen LogP contribution >= 0.6 is 12.4 Å². The Morgan fingerprint density at radius 1 is 1.50 bits per heavy atom. The summed E-state index contributed by atoms with van der Waals surface area (Å²) in [6, 6.07) is 5.86. The number of azo groups is 1. The molecule has 1 aromatic rings. The van der Waals surface area contributed by atoms with Gasteiger partial charge in [-0.1, -0.05) is 0 Å². The van der Waals surface area contributed by atoms with Crippen molar-refractivity contribution in [2.24, 2.45) is 25.9 Å². The number of nitrogens with two attached hydrogens (primary N) is 1. The fourth-order valence-electron chi connectivity index (χ4n) is 2.67. The number of hydrogen-bond acceptors (Lipinski definition) is 7. The number of aliphatic imine (C=N–C) groups is 2. The average molecular weight is 347 g/mol. The number of amidine groups is 2. The van der Waals surface area contributed by atoms with E-state index in [1.807, 2.05) is 13.0 Å². The molecule has 2 N–H and O–H groups in total. The highest BCUT2D eigenvalue weighted by Crippen LogP contribution is 2.20. The second-order valence-electron chi connectivity index (χ2n) is 5.60. The third-order valence-electron chi connectivity index (χ3n) is 3.78. The van der Waals surface area contributed by atoms with Crippen LogP contribution in [0.25, 0.3) is 0 Å². The number of nitriles is 1. The highest BCUT2D eigenvalue weighted by Gasteiger charge is 2.24. The van der Waals surface area contributed by atoms with Gasteiger partial charge in [0.1, 0.15) is 17.7 Å². The molecule has 2 aliphatic heterocycles. The Bertz CT molecular complexity index is 703. The number of nitrogens with zero attached hydrogens (tertiary/aromatic N) is 7. The van der Waals surface area contributed by atoms with Crippen molar-refractivity contribution in [3.8, 4) is 6.07 Å². The minimum absolute atomic E-state index is 0. The molecule has 3 heterocycles. The second-order valence-corrected chi connectivity index (χ2v) is 5.60. The second kappa shape index (κ2) is 7.84. The molecule has 0 radical (unpaired) electrons. The molecule has 9 heteroatoms. The molecule has 0 amide bonds. The third-order valence-corrected chi connectivity index (χ3v) is 3.78. The van der Waals surface area contributed by atoms with Gasteiger partial charge in [-0.15, -0.1) is 17.5 Å². The summed E-state index contributed by atoms with van der Waals surface area (Å²) in [7, 11) is 0. The molecule has 1 fully saturated rings. The molecule has 1 saturated heterocycles. The van der Waals surface area contributed by atoms with Crippen LogP contribution in [0.1, 0.15) is 25.3 Å². The van der Waals surface area contributed by atoms with Gasteiger partial charge < -0.3 is 10.6 Å². The van der Waals surface area contributed by atoms with Gasteiger partial charge in [0.2, 0.25) is 0 Å². The van der Waals surface area contributed by atoms with Crippen molar-refractivity contribution in [2.75, 3.05) is 18.0 Å². The summed E-state index contributed by atoms with van der Waals surface area (Å²) in [6.45, 7) is 3.46. The standard InChI is InChI=1S/C15H18N8.ClH/c1-10-19-14(22-21-10)6-13(17)20-12-4-5-23(9-12)15-3-2-11(7-16)8-18-15;/h2-3,8,12,14H,4-6,9H2,1H3,(H2,17,20);1H. The Balaban J connectivity index is 0.00000208. The van der Waals surface area contributed by atoms with E-state index in [0.29, 0.717) is 23.7 Å². The zero-order valence-electron chi connectivity index (χ0n) is 13.3. The zero-order chi connectivity index (χ0) is 16.2. The van der Waals surface area contributed by atoms with Crippen LogP contribution in [0.4, 0.5) is 5.82 Å². The van der Waals surface area contributed by atoms with E-state index in [4.69, 9.17) is 11.0 Å². The molecule has 0 aromatic carbocycles. The number of halogens is 1. The Morgan fingerprint density at radius 2 is 2.33 bits per heavy atom. The average Bonchev–Trinajstić information content (AvgIpc) is 3.16. The Labute approximate surface area is 146 Å². The maximum Gasteiger partial charge on any atom is 0.169 e. The van der Waals surface area contributed by atoms with Crippen LogP contribution < -0.4 is 10.6 Å². The lowest BCUT2D eigenvalue weighted by Crippen LogP contribution is -2.24. The molecule has 3 rings (SSSR count). The van der Waals surface area contributed by atoms with Crippen molar-refractivity contribution >= 4 is 29.9 Å². The lowest BCUT2D eigenvalue weighted by atomic mass is 10.2. The van der Waals surface area contributed by atoms with Gasteiger partial charge in [-0.25, -0.2) is 9.98 Å². The molecular weight excluding hydrogens is 328 g/mol. The van der Waals surface area contributed by atoms with Gasteiger partial charge in [0, 0.05) is 25.7 Å². The molecule has 126 valence electrons. The smallest absolute Gasteiger partial charge is 0.169 e. The number of anilines is 1. The first kappa shape index (κ1) is 17.8. The molecule has 24 heavy (non-hydrogen) atoms. The molecule has 1 aromatic heterocycles. The van der Waals surface area contributed by atoms with E-state index in [2.05, 4.69) is 36.2 Å². The van der Waals surface area contributed by atoms with Gasteiger partial charge in [0.05, 0.1) is 17.4 Å². The van der Waals surface area contributed by atoms with Gasteiger partial charge in [0.25, 0.3) is 0 Å². The van der Waals surface area contributed by atoms with E-state index >= 15 is 0 Å². The minimum Gasteiger partial charge on any atom is -0.387 e. The van der Waals surface area contributed by atoms with E-state index in [9.17, 15) is 0 Å². The Hall–Kier alpha value is -2.53. The van der Waals surface area contributed by atoms with E-state index in [1.54, 1.807) is 12.3 Å². The first-order valence-corrected chi connectivity index (χ1v) is 7.52. The van der Waals surface area contributed by atoms with Gasteiger partial charge in [-0.2, -0.15) is 10.4 Å². The molecule has 0 saturated carbocycles. The van der Waals surface area contributed by atoms with Crippen molar-refractivity contribution in [2.45, 2.75) is 32.0 Å². The largest absolute Gasteiger partial charge is 0.387 e. The summed E-state index contributed by atoms with van der Waals surface area (Å²) in [4.78, 5) is 15.3. The van der Waals surface area contributed by atoms with Gasteiger partial charge in [-0.3, -0.25) is 4.99 Å². The monoisotopic (exact) mass is 346 g/mol. The third kappa shape index (κ3) is 4.26. The summed E-state index contributed by atoms with van der Waals surface area (Å²) in [6.07, 6.45) is 2.80. The number of rotatable bonds is 4. The van der Waals surface area contributed by atoms with Crippen LogP contribution in [0.2, 0.25) is 0 Å². The van der Waals surface area contributed by atoms with Crippen LogP contribution in [-0.4, -0.2) is 42.0 Å². The van der Waals surface area contributed by atoms with Crippen LogP contribution in [-0.2, 0) is 0 Å². The molecular formula is C15H19ClN8. The maximum atomic E-state index is 8.81. The fraction of sp³-hybridized carbons (Fsp3) is 0.467. The van der Waals surface area contributed by atoms with E-state index in [-0.39, 0.29) is 24.6 Å². The van der Waals surface area contributed by atoms with E-state index in [0.717, 1.165) is 25.3 Å². The predicted molar refractivity (Wildman–Crippen MR) is 94.8 cm³/mol. The molecule has 2 aliphatic rings. The first-order chi connectivity index (χ1) is 11.1. The minimum atomic E-state index is -0.226. The van der Waals surface area contributed by atoms with E-state index in [1.165, 1.54) is 0 Å². The molecule has 0 spiro atoms. The lowest BCUT2D eigenvalue weighted by Gasteiger charge is -2.16. The van der Waals surface area contributed by atoms with Gasteiger partial charge in [-0.05, 0) is 25.5 Å². The van der Waals surface area contributed by atoms with Crippen molar-refractivity contribution in [1.82, 2.24) is 4.98 Å². The maximum absolute atomic E-state index is 8.81. The summed E-state index contributed by atoms with van der Waals surface area (Å²) in [5, 5.41) is 16.7. The van der Waals surface area contributed by atoms with Crippen molar-refractivity contribution in [3.05, 3.63) is 23.9 Å². The Morgan fingerprint density at radius 3 is 2.96 bits per heavy atom. The highest BCUT2D eigenvalue weighted by molar-refractivity contribution is 5.85. The SMILES string of the molecule is CC1=NC(CC(N)=NC2CCN(c3ccc(C#N)cn3)C2)N=N1.Cl. The van der Waals surface area contributed by atoms with Crippen LogP contribution in [0.15, 0.2) is 38.5 Å². The van der Waals surface area contributed by atoms with Crippen LogP contribution in [0.3, 0.4) is 0 Å².